The zero-order chi connectivity index (χ0) is 14.5. The smallest absolute Gasteiger partial charge is 0.410 e. The van der Waals surface area contributed by atoms with Crippen molar-refractivity contribution in [1.82, 2.24) is 9.80 Å². The van der Waals surface area contributed by atoms with E-state index in [0.29, 0.717) is 6.54 Å². The standard InChI is InChI=1S/C14H29N3O2/c1-14(2,3)19-13(18)17-9-6-5-7-12(17)11-16(4)10-8-15/h12H,5-11,15H2,1-4H3. The van der Waals surface area contributed by atoms with Gasteiger partial charge in [-0.1, -0.05) is 0 Å². The predicted molar refractivity (Wildman–Crippen MR) is 77.1 cm³/mol. The Morgan fingerprint density at radius 3 is 2.68 bits per heavy atom. The molecule has 0 saturated carbocycles. The summed E-state index contributed by atoms with van der Waals surface area (Å²) in [6.07, 6.45) is 3.11. The van der Waals surface area contributed by atoms with Crippen molar-refractivity contribution in [2.45, 2.75) is 51.7 Å². The first-order valence-electron chi connectivity index (χ1n) is 7.21. The van der Waals surface area contributed by atoms with E-state index in [2.05, 4.69) is 11.9 Å². The summed E-state index contributed by atoms with van der Waals surface area (Å²) in [6.45, 7) is 8.90. The van der Waals surface area contributed by atoms with Gasteiger partial charge in [-0.25, -0.2) is 4.79 Å². The second kappa shape index (κ2) is 7.10. The van der Waals surface area contributed by atoms with Crippen LogP contribution in [-0.4, -0.2) is 60.8 Å². The van der Waals surface area contributed by atoms with Crippen molar-refractivity contribution in [1.29, 1.82) is 0 Å². The van der Waals surface area contributed by atoms with Crippen molar-refractivity contribution in [3.8, 4) is 0 Å². The molecule has 5 heteroatoms. The van der Waals surface area contributed by atoms with Crippen LogP contribution < -0.4 is 5.73 Å². The van der Waals surface area contributed by atoms with Gasteiger partial charge in [0.2, 0.25) is 0 Å². The topological polar surface area (TPSA) is 58.8 Å². The van der Waals surface area contributed by atoms with Crippen molar-refractivity contribution in [3.63, 3.8) is 0 Å². The van der Waals surface area contributed by atoms with Gasteiger partial charge in [-0.05, 0) is 47.1 Å². The van der Waals surface area contributed by atoms with Gasteiger partial charge in [-0.15, -0.1) is 0 Å². The summed E-state index contributed by atoms with van der Waals surface area (Å²) in [4.78, 5) is 16.3. The van der Waals surface area contributed by atoms with Crippen LogP contribution in [0.25, 0.3) is 0 Å². The molecule has 19 heavy (non-hydrogen) atoms. The molecule has 2 N–H and O–H groups in total. The van der Waals surface area contributed by atoms with E-state index >= 15 is 0 Å². The quantitative estimate of drug-likeness (QED) is 0.845. The van der Waals surface area contributed by atoms with Crippen molar-refractivity contribution in [2.24, 2.45) is 5.73 Å². The molecular formula is C14H29N3O2. The normalized spacial score (nSPS) is 20.7. The minimum Gasteiger partial charge on any atom is -0.444 e. The summed E-state index contributed by atoms with van der Waals surface area (Å²) in [6, 6.07) is 0.250. The average Bonchev–Trinajstić information content (AvgIpc) is 2.27. The monoisotopic (exact) mass is 271 g/mol. The maximum atomic E-state index is 12.2. The minimum absolute atomic E-state index is 0.182. The van der Waals surface area contributed by atoms with E-state index in [1.807, 2.05) is 25.7 Å². The predicted octanol–water partition coefficient (Wildman–Crippen LogP) is 1.67. The van der Waals surface area contributed by atoms with Gasteiger partial charge in [0.15, 0.2) is 0 Å². The highest BCUT2D eigenvalue weighted by molar-refractivity contribution is 5.68. The third kappa shape index (κ3) is 5.78. The molecule has 0 aromatic carbocycles. The molecule has 1 heterocycles. The SMILES string of the molecule is CN(CCN)CC1CCCCN1C(=O)OC(C)(C)C. The number of nitrogens with zero attached hydrogens (tertiary/aromatic N) is 2. The van der Waals surface area contributed by atoms with E-state index in [4.69, 9.17) is 10.5 Å². The van der Waals surface area contributed by atoms with Crippen LogP contribution in [0.3, 0.4) is 0 Å². The van der Waals surface area contributed by atoms with Crippen molar-refractivity contribution < 1.29 is 9.53 Å². The Hall–Kier alpha value is -0.810. The average molecular weight is 271 g/mol. The number of hydrogen-bond donors (Lipinski definition) is 1. The molecule has 0 spiro atoms. The lowest BCUT2D eigenvalue weighted by Crippen LogP contribution is -2.50. The largest absolute Gasteiger partial charge is 0.444 e. The van der Waals surface area contributed by atoms with Gasteiger partial charge in [0, 0.05) is 32.2 Å². The van der Waals surface area contributed by atoms with E-state index in [9.17, 15) is 4.79 Å². The second-order valence-electron chi connectivity index (χ2n) is 6.37. The summed E-state index contributed by atoms with van der Waals surface area (Å²) < 4.78 is 5.49. The maximum absolute atomic E-state index is 12.2. The van der Waals surface area contributed by atoms with Gasteiger partial charge in [-0.2, -0.15) is 0 Å². The van der Waals surface area contributed by atoms with Crippen LogP contribution in [0.4, 0.5) is 4.79 Å². The zero-order valence-electron chi connectivity index (χ0n) is 12.8. The molecule has 0 radical (unpaired) electrons. The molecule has 0 aromatic rings. The summed E-state index contributed by atoms with van der Waals surface area (Å²) in [7, 11) is 2.05. The zero-order valence-corrected chi connectivity index (χ0v) is 12.8. The number of carbonyl (C=O) groups is 1. The van der Waals surface area contributed by atoms with E-state index in [1.165, 1.54) is 6.42 Å². The number of nitrogens with two attached hydrogens (primary N) is 1. The van der Waals surface area contributed by atoms with Gasteiger partial charge in [0.1, 0.15) is 5.60 Å². The van der Waals surface area contributed by atoms with Gasteiger partial charge in [0.25, 0.3) is 0 Å². The van der Waals surface area contributed by atoms with Crippen LogP contribution in [0, 0.1) is 0 Å². The summed E-state index contributed by atoms with van der Waals surface area (Å²) in [5.74, 6) is 0. The maximum Gasteiger partial charge on any atom is 0.410 e. The highest BCUT2D eigenvalue weighted by atomic mass is 16.6. The van der Waals surface area contributed by atoms with Crippen molar-refractivity contribution in [2.75, 3.05) is 33.2 Å². The van der Waals surface area contributed by atoms with E-state index in [0.717, 1.165) is 32.5 Å². The first-order chi connectivity index (χ1) is 8.83. The molecule has 112 valence electrons. The third-order valence-corrected chi connectivity index (χ3v) is 3.29. The Kier molecular flexibility index (Phi) is 6.07. The summed E-state index contributed by atoms with van der Waals surface area (Å²) in [5.41, 5.74) is 5.14. The molecule has 0 aliphatic carbocycles. The molecule has 1 aliphatic heterocycles. The van der Waals surface area contributed by atoms with Gasteiger partial charge in [0.05, 0.1) is 0 Å². The van der Waals surface area contributed by atoms with Gasteiger partial charge in [-0.3, -0.25) is 0 Å². The number of ether oxygens (including phenoxy) is 1. The van der Waals surface area contributed by atoms with Crippen LogP contribution in [-0.2, 0) is 4.74 Å². The number of likely N-dealkylation sites (N-methyl/N-ethyl adjacent to an activating group) is 1. The third-order valence-electron chi connectivity index (χ3n) is 3.29. The molecule has 1 amide bonds. The molecule has 1 rings (SSSR count). The molecule has 1 fully saturated rings. The molecule has 1 atom stereocenters. The Balaban J connectivity index is 2.59. The fraction of sp³-hybridized carbons (Fsp3) is 0.929. The lowest BCUT2D eigenvalue weighted by Gasteiger charge is -2.38. The van der Waals surface area contributed by atoms with E-state index in [-0.39, 0.29) is 12.1 Å². The lowest BCUT2D eigenvalue weighted by molar-refractivity contribution is 0.00625. The van der Waals surface area contributed by atoms with Crippen LogP contribution in [0.15, 0.2) is 0 Å². The number of likely N-dealkylation sites (tertiary alicyclic amines) is 1. The first-order valence-corrected chi connectivity index (χ1v) is 7.21. The number of hydrogen-bond acceptors (Lipinski definition) is 4. The summed E-state index contributed by atoms with van der Waals surface area (Å²) in [5, 5.41) is 0. The van der Waals surface area contributed by atoms with Crippen LogP contribution in [0.2, 0.25) is 0 Å². The Morgan fingerprint density at radius 2 is 2.11 bits per heavy atom. The first kappa shape index (κ1) is 16.2. The number of carbonyl (C=O) groups excluding carboxylic acids is 1. The molecule has 1 unspecified atom stereocenters. The molecule has 1 aliphatic rings. The minimum atomic E-state index is -0.428. The lowest BCUT2D eigenvalue weighted by atomic mass is 10.0. The number of rotatable bonds is 4. The number of amides is 1. The van der Waals surface area contributed by atoms with Crippen molar-refractivity contribution in [3.05, 3.63) is 0 Å². The van der Waals surface area contributed by atoms with E-state index < -0.39 is 5.60 Å². The summed E-state index contributed by atoms with van der Waals surface area (Å²) >= 11 is 0. The number of piperidine rings is 1. The fourth-order valence-corrected chi connectivity index (χ4v) is 2.42. The Morgan fingerprint density at radius 1 is 1.42 bits per heavy atom. The van der Waals surface area contributed by atoms with Gasteiger partial charge < -0.3 is 20.3 Å². The van der Waals surface area contributed by atoms with Crippen LogP contribution >= 0.6 is 0 Å². The molecule has 5 nitrogen and oxygen atoms in total. The molecular weight excluding hydrogens is 242 g/mol. The molecule has 0 aromatic heterocycles. The van der Waals surface area contributed by atoms with E-state index in [1.54, 1.807) is 0 Å². The van der Waals surface area contributed by atoms with Crippen LogP contribution in [0.5, 0.6) is 0 Å². The van der Waals surface area contributed by atoms with Crippen LogP contribution in [0.1, 0.15) is 40.0 Å². The molecule has 1 saturated heterocycles. The van der Waals surface area contributed by atoms with Crippen molar-refractivity contribution >= 4 is 6.09 Å². The highest BCUT2D eigenvalue weighted by Gasteiger charge is 2.30. The molecule has 0 bridgehead atoms. The highest BCUT2D eigenvalue weighted by Crippen LogP contribution is 2.20. The Bertz CT molecular complexity index is 289. The van der Waals surface area contributed by atoms with Gasteiger partial charge >= 0.3 is 6.09 Å². The fourth-order valence-electron chi connectivity index (χ4n) is 2.42. The Labute approximate surface area is 117 Å². The second-order valence-corrected chi connectivity index (χ2v) is 6.37.